The number of hydrogen-bond acceptors (Lipinski definition) is 5. The first kappa shape index (κ1) is 12.4. The Morgan fingerprint density at radius 2 is 2.33 bits per heavy atom. The number of Topliss-reactive ketones (excluding diaryl/α,β-unsaturated/α-hetero) is 1. The van der Waals surface area contributed by atoms with Crippen LogP contribution in [0.2, 0.25) is 0 Å². The summed E-state index contributed by atoms with van der Waals surface area (Å²) in [5.41, 5.74) is 1.67. The van der Waals surface area contributed by atoms with Gasteiger partial charge in [0.1, 0.15) is 5.75 Å². The van der Waals surface area contributed by atoms with Gasteiger partial charge < -0.3 is 15.2 Å². The summed E-state index contributed by atoms with van der Waals surface area (Å²) in [6.07, 6.45) is 0.577. The van der Waals surface area contributed by atoms with Crippen LogP contribution in [0.4, 0.5) is 5.69 Å². The molecule has 1 heterocycles. The molecule has 0 bridgehead atoms. The second-order valence-electron chi connectivity index (χ2n) is 4.34. The van der Waals surface area contributed by atoms with Gasteiger partial charge in [0, 0.05) is 17.7 Å². The number of phenolic OH excluding ortho intramolecular Hbond substituents is 1. The third kappa shape index (κ3) is 2.61. The number of nitrogens with one attached hydrogen (secondary N) is 1. The van der Waals surface area contributed by atoms with Crippen molar-refractivity contribution in [3.8, 4) is 5.75 Å². The number of carbonyl (C=O) groups is 2. The Labute approximate surface area is 105 Å². The number of esters is 1. The zero-order chi connectivity index (χ0) is 13.1. The number of aromatic hydroxyl groups is 1. The summed E-state index contributed by atoms with van der Waals surface area (Å²) in [7, 11) is 1.31. The fourth-order valence-electron chi connectivity index (χ4n) is 2.08. The minimum absolute atomic E-state index is 0.0175. The summed E-state index contributed by atoms with van der Waals surface area (Å²) < 4.78 is 4.60. The van der Waals surface area contributed by atoms with E-state index in [0.717, 1.165) is 11.3 Å². The molecule has 0 amide bonds. The van der Waals surface area contributed by atoms with Crippen LogP contribution in [0.25, 0.3) is 0 Å². The van der Waals surface area contributed by atoms with E-state index < -0.39 is 0 Å². The third-order valence-electron chi connectivity index (χ3n) is 3.11. The summed E-state index contributed by atoms with van der Waals surface area (Å²) in [6.45, 7) is 0.165. The number of hydrogen-bond donors (Lipinski definition) is 2. The van der Waals surface area contributed by atoms with Crippen LogP contribution in [0.3, 0.4) is 0 Å². The fraction of sp³-hybridized carbons (Fsp3) is 0.385. The minimum atomic E-state index is -0.379. The fourth-order valence-corrected chi connectivity index (χ4v) is 2.08. The van der Waals surface area contributed by atoms with Crippen molar-refractivity contribution in [1.29, 1.82) is 0 Å². The largest absolute Gasteiger partial charge is 0.508 e. The molecule has 2 N–H and O–H groups in total. The van der Waals surface area contributed by atoms with Gasteiger partial charge in [0.25, 0.3) is 0 Å². The van der Waals surface area contributed by atoms with E-state index in [1.54, 1.807) is 18.2 Å². The highest BCUT2D eigenvalue weighted by Crippen LogP contribution is 2.28. The molecule has 0 aliphatic carbocycles. The number of ether oxygens (including phenoxy) is 1. The second-order valence-corrected chi connectivity index (χ2v) is 4.34. The lowest BCUT2D eigenvalue weighted by atomic mass is 9.93. The molecule has 0 spiro atoms. The maximum absolute atomic E-state index is 11.9. The van der Waals surface area contributed by atoms with Gasteiger partial charge in [-0.05, 0) is 18.1 Å². The van der Waals surface area contributed by atoms with E-state index in [1.807, 2.05) is 0 Å². The lowest BCUT2D eigenvalue weighted by molar-refractivity contribution is -0.143. The van der Waals surface area contributed by atoms with Gasteiger partial charge in [0.05, 0.1) is 20.1 Å². The molecule has 1 aliphatic heterocycles. The number of carbonyl (C=O) groups excluding carboxylic acids is 2. The van der Waals surface area contributed by atoms with Crippen molar-refractivity contribution in [2.75, 3.05) is 19.0 Å². The zero-order valence-electron chi connectivity index (χ0n) is 10.1. The van der Waals surface area contributed by atoms with Crippen LogP contribution in [0.1, 0.15) is 12.0 Å². The van der Waals surface area contributed by atoms with E-state index in [2.05, 4.69) is 10.1 Å². The molecule has 18 heavy (non-hydrogen) atoms. The lowest BCUT2D eigenvalue weighted by Crippen LogP contribution is -2.24. The first-order valence-electron chi connectivity index (χ1n) is 5.75. The molecular weight excluding hydrogens is 234 g/mol. The van der Waals surface area contributed by atoms with Gasteiger partial charge in [0.2, 0.25) is 0 Å². The first-order valence-corrected chi connectivity index (χ1v) is 5.75. The van der Waals surface area contributed by atoms with Crippen LogP contribution >= 0.6 is 0 Å². The van der Waals surface area contributed by atoms with Gasteiger partial charge in [-0.15, -0.1) is 0 Å². The molecule has 0 fully saturated rings. The van der Waals surface area contributed by atoms with Crippen molar-refractivity contribution < 1.29 is 19.4 Å². The molecule has 1 aromatic rings. The Morgan fingerprint density at radius 1 is 1.56 bits per heavy atom. The average molecular weight is 249 g/mol. The predicted octanol–water partition coefficient (Wildman–Crippen LogP) is 1.11. The molecule has 5 heteroatoms. The van der Waals surface area contributed by atoms with Crippen LogP contribution in [-0.2, 0) is 20.7 Å². The normalized spacial score (nSPS) is 18.5. The molecule has 1 aromatic carbocycles. The molecule has 1 aliphatic rings. The zero-order valence-corrected chi connectivity index (χ0v) is 10.1. The van der Waals surface area contributed by atoms with Gasteiger partial charge in [-0.25, -0.2) is 0 Å². The van der Waals surface area contributed by atoms with Crippen LogP contribution in [0, 0.1) is 5.92 Å². The van der Waals surface area contributed by atoms with Crippen LogP contribution in [0.15, 0.2) is 18.2 Å². The maximum atomic E-state index is 11.9. The van der Waals surface area contributed by atoms with E-state index in [1.165, 1.54) is 7.11 Å². The highest BCUT2D eigenvalue weighted by molar-refractivity contribution is 5.90. The van der Waals surface area contributed by atoms with Crippen molar-refractivity contribution in [1.82, 2.24) is 0 Å². The molecule has 0 aromatic heterocycles. The Balaban J connectivity index is 2.21. The Morgan fingerprint density at radius 3 is 3.06 bits per heavy atom. The van der Waals surface area contributed by atoms with Crippen molar-refractivity contribution in [3.63, 3.8) is 0 Å². The third-order valence-corrected chi connectivity index (χ3v) is 3.11. The average Bonchev–Trinajstić information content (AvgIpc) is 2.50. The Hall–Kier alpha value is -2.04. The molecule has 5 nitrogen and oxygen atoms in total. The summed E-state index contributed by atoms with van der Waals surface area (Å²) in [5, 5.41) is 12.4. The Kier molecular flexibility index (Phi) is 3.50. The first-order chi connectivity index (χ1) is 8.60. The number of ketones is 1. The van der Waals surface area contributed by atoms with E-state index in [4.69, 9.17) is 0 Å². The van der Waals surface area contributed by atoms with Crippen LogP contribution in [-0.4, -0.2) is 30.5 Å². The van der Waals surface area contributed by atoms with Crippen LogP contribution < -0.4 is 5.32 Å². The van der Waals surface area contributed by atoms with Crippen molar-refractivity contribution in [3.05, 3.63) is 23.8 Å². The van der Waals surface area contributed by atoms with Gasteiger partial charge in [0.15, 0.2) is 5.78 Å². The minimum Gasteiger partial charge on any atom is -0.508 e. The summed E-state index contributed by atoms with van der Waals surface area (Å²) in [4.78, 5) is 23.2. The molecule has 1 atom stereocenters. The highest BCUT2D eigenvalue weighted by atomic mass is 16.5. The van der Waals surface area contributed by atoms with Gasteiger partial charge in [-0.3, -0.25) is 9.59 Å². The molecule has 2 rings (SSSR count). The van der Waals surface area contributed by atoms with Gasteiger partial charge >= 0.3 is 5.97 Å². The summed E-state index contributed by atoms with van der Waals surface area (Å²) >= 11 is 0. The summed E-state index contributed by atoms with van der Waals surface area (Å²) in [5.74, 6) is -0.609. The molecular formula is C13H15NO4. The number of anilines is 1. The van der Waals surface area contributed by atoms with Crippen molar-refractivity contribution in [2.45, 2.75) is 12.8 Å². The van der Waals surface area contributed by atoms with Gasteiger partial charge in [-0.1, -0.05) is 6.07 Å². The van der Waals surface area contributed by atoms with E-state index in [9.17, 15) is 14.7 Å². The van der Waals surface area contributed by atoms with Crippen molar-refractivity contribution >= 4 is 17.4 Å². The molecule has 0 saturated heterocycles. The standard InChI is InChI=1S/C13H15NO4/c1-18-13(17)5-9-4-8-2-3-10(15)6-11(8)14-7-12(9)16/h2-3,6,9,14-15H,4-5,7H2,1H3. The predicted molar refractivity (Wildman–Crippen MR) is 65.4 cm³/mol. The second kappa shape index (κ2) is 5.08. The highest BCUT2D eigenvalue weighted by Gasteiger charge is 2.26. The number of phenols is 1. The number of rotatable bonds is 2. The summed E-state index contributed by atoms with van der Waals surface area (Å²) in [6, 6.07) is 4.93. The van der Waals surface area contributed by atoms with E-state index in [0.29, 0.717) is 6.42 Å². The number of methoxy groups -OCH3 is 1. The lowest BCUT2D eigenvalue weighted by Gasteiger charge is -2.11. The van der Waals surface area contributed by atoms with E-state index >= 15 is 0 Å². The topological polar surface area (TPSA) is 75.6 Å². The van der Waals surface area contributed by atoms with Crippen LogP contribution in [0.5, 0.6) is 5.75 Å². The number of benzene rings is 1. The molecule has 0 saturated carbocycles. The van der Waals surface area contributed by atoms with Gasteiger partial charge in [-0.2, -0.15) is 0 Å². The quantitative estimate of drug-likeness (QED) is 0.768. The van der Waals surface area contributed by atoms with Crippen molar-refractivity contribution in [2.24, 2.45) is 5.92 Å². The van der Waals surface area contributed by atoms with E-state index in [-0.39, 0.29) is 36.4 Å². The SMILES string of the molecule is COC(=O)CC1Cc2ccc(O)cc2NCC1=O. The molecule has 0 radical (unpaired) electrons. The molecule has 96 valence electrons. The monoisotopic (exact) mass is 249 g/mol. The maximum Gasteiger partial charge on any atom is 0.306 e. The molecule has 1 unspecified atom stereocenters. The number of fused-ring (bicyclic) bond motifs is 1. The Bertz CT molecular complexity index is 484. The smallest absolute Gasteiger partial charge is 0.306 e.